The Hall–Kier alpha value is -0.950. The van der Waals surface area contributed by atoms with E-state index in [1.807, 2.05) is 17.2 Å². The van der Waals surface area contributed by atoms with Crippen LogP contribution >= 0.6 is 43.5 Å². The molecule has 0 radical (unpaired) electrons. The van der Waals surface area contributed by atoms with Crippen molar-refractivity contribution in [3.63, 3.8) is 0 Å². The molecular weight excluding hydrogens is 580 g/mol. The number of halogens is 3. The molecule has 1 aromatic heterocycles. The van der Waals surface area contributed by atoms with Gasteiger partial charge in [-0.3, -0.25) is 9.78 Å². The normalized spacial score (nSPS) is 27.6. The van der Waals surface area contributed by atoms with Crippen LogP contribution in [0.2, 0.25) is 5.02 Å². The number of hydrogen-bond donors (Lipinski definition) is 1. The van der Waals surface area contributed by atoms with Crippen LogP contribution in [-0.2, 0) is 17.6 Å². The predicted molar refractivity (Wildman–Crippen MR) is 142 cm³/mol. The summed E-state index contributed by atoms with van der Waals surface area (Å²) >= 11 is 13.9. The molecule has 1 saturated carbocycles. The van der Waals surface area contributed by atoms with E-state index in [-0.39, 0.29) is 23.8 Å². The highest BCUT2D eigenvalue weighted by Gasteiger charge is 2.38. The minimum Gasteiger partial charge on any atom is -0.393 e. The van der Waals surface area contributed by atoms with Gasteiger partial charge in [-0.25, -0.2) is 0 Å². The van der Waals surface area contributed by atoms with E-state index >= 15 is 0 Å². The zero-order valence-electron chi connectivity index (χ0n) is 19.4. The van der Waals surface area contributed by atoms with E-state index < -0.39 is 0 Å². The van der Waals surface area contributed by atoms with E-state index in [9.17, 15) is 9.90 Å². The van der Waals surface area contributed by atoms with Gasteiger partial charge >= 0.3 is 0 Å². The zero-order chi connectivity index (χ0) is 24.0. The molecule has 3 aliphatic rings. The van der Waals surface area contributed by atoms with Gasteiger partial charge in [-0.15, -0.1) is 0 Å². The fraction of sp³-hybridized carbons (Fsp3) is 0.556. The van der Waals surface area contributed by atoms with Gasteiger partial charge in [0.15, 0.2) is 0 Å². The van der Waals surface area contributed by atoms with Crippen LogP contribution in [0.15, 0.2) is 33.3 Å². The topological polar surface area (TPSA) is 53.4 Å². The Morgan fingerprint density at radius 3 is 2.56 bits per heavy atom. The molecule has 1 amide bonds. The molecule has 1 aliphatic heterocycles. The fourth-order valence-corrected chi connectivity index (χ4v) is 7.76. The largest absolute Gasteiger partial charge is 0.393 e. The van der Waals surface area contributed by atoms with Gasteiger partial charge in [-0.05, 0) is 108 Å². The molecule has 7 heteroatoms. The number of rotatable bonds is 2. The van der Waals surface area contributed by atoms with Crippen molar-refractivity contribution in [2.75, 3.05) is 13.1 Å². The molecule has 3 unspecified atom stereocenters. The smallest absolute Gasteiger partial charge is 0.225 e. The number of likely N-dealkylation sites (tertiary alicyclic amines) is 1. The Bertz CT molecular complexity index is 1090. The molecule has 1 aromatic carbocycles. The van der Waals surface area contributed by atoms with Crippen molar-refractivity contribution in [2.45, 2.75) is 63.9 Å². The molecule has 2 heterocycles. The standard InChI is InChI=1S/C27H31Br2ClN2O2/c1-15-2-3-19(12-23(15)33)27(34)32-8-6-16(7-9-32)25-24-17(11-21(30)13-22(24)29)4-5-18-10-20(28)14-31-26(18)25/h10-11,13-16,19,23,25,33H,2-9,12H2,1H3/t15?,19?,23?,25-/m1/s1. The molecule has 0 bridgehead atoms. The number of hydrogen-bond acceptors (Lipinski definition) is 3. The minimum absolute atomic E-state index is 0.0302. The van der Waals surface area contributed by atoms with Crippen LogP contribution in [0.1, 0.15) is 67.3 Å². The van der Waals surface area contributed by atoms with Crippen molar-refractivity contribution in [1.29, 1.82) is 0 Å². The Balaban J connectivity index is 1.40. The second-order valence-electron chi connectivity index (χ2n) is 10.4. The molecule has 2 aromatic rings. The van der Waals surface area contributed by atoms with E-state index in [0.29, 0.717) is 18.3 Å². The number of nitrogens with zero attached hydrogens (tertiary/aromatic N) is 2. The van der Waals surface area contributed by atoms with Crippen molar-refractivity contribution >= 4 is 49.4 Å². The highest BCUT2D eigenvalue weighted by molar-refractivity contribution is 9.10. The van der Waals surface area contributed by atoms with Crippen molar-refractivity contribution in [2.24, 2.45) is 17.8 Å². The van der Waals surface area contributed by atoms with Crippen LogP contribution in [-0.4, -0.2) is 40.1 Å². The molecule has 0 spiro atoms. The number of aryl methyl sites for hydroxylation is 2. The first-order valence-corrected chi connectivity index (χ1v) is 14.4. The molecular formula is C27H31Br2ClN2O2. The van der Waals surface area contributed by atoms with Gasteiger partial charge in [0.05, 0.1) is 11.8 Å². The van der Waals surface area contributed by atoms with Crippen molar-refractivity contribution in [1.82, 2.24) is 9.88 Å². The van der Waals surface area contributed by atoms with Crippen LogP contribution in [0.25, 0.3) is 0 Å². The third-order valence-electron chi connectivity index (χ3n) is 8.24. The summed E-state index contributed by atoms with van der Waals surface area (Å²) in [4.78, 5) is 20.2. The monoisotopic (exact) mass is 608 g/mol. The molecule has 4 atom stereocenters. The summed E-state index contributed by atoms with van der Waals surface area (Å²) in [7, 11) is 0. The number of aliphatic hydroxyl groups is 1. The van der Waals surface area contributed by atoms with Crippen LogP contribution in [0.4, 0.5) is 0 Å². The average Bonchev–Trinajstić information content (AvgIpc) is 2.97. The summed E-state index contributed by atoms with van der Waals surface area (Å²) in [5.41, 5.74) is 5.07. The molecule has 2 fully saturated rings. The van der Waals surface area contributed by atoms with Crippen LogP contribution in [0.5, 0.6) is 0 Å². The van der Waals surface area contributed by atoms with Gasteiger partial charge in [-0.1, -0.05) is 34.5 Å². The number of aromatic nitrogens is 1. The number of aliphatic hydroxyl groups excluding tert-OH is 1. The van der Waals surface area contributed by atoms with Crippen LogP contribution < -0.4 is 0 Å². The molecule has 1 N–H and O–H groups in total. The van der Waals surface area contributed by atoms with Gasteiger partial charge in [0, 0.05) is 45.1 Å². The maximum absolute atomic E-state index is 13.2. The Labute approximate surface area is 223 Å². The lowest BCUT2D eigenvalue weighted by Gasteiger charge is -2.39. The van der Waals surface area contributed by atoms with Gasteiger partial charge < -0.3 is 10.0 Å². The Morgan fingerprint density at radius 1 is 1.09 bits per heavy atom. The molecule has 2 aliphatic carbocycles. The summed E-state index contributed by atoms with van der Waals surface area (Å²) in [5.74, 6) is 1.09. The van der Waals surface area contributed by atoms with E-state index in [0.717, 1.165) is 65.6 Å². The third-order valence-corrected chi connectivity index (χ3v) is 9.55. The van der Waals surface area contributed by atoms with Gasteiger partial charge in [0.25, 0.3) is 0 Å². The number of fused-ring (bicyclic) bond motifs is 2. The molecule has 34 heavy (non-hydrogen) atoms. The van der Waals surface area contributed by atoms with E-state index in [1.165, 1.54) is 22.4 Å². The number of carbonyl (C=O) groups is 1. The summed E-state index contributed by atoms with van der Waals surface area (Å²) in [5, 5.41) is 11.0. The molecule has 1 saturated heterocycles. The predicted octanol–water partition coefficient (Wildman–Crippen LogP) is 6.53. The lowest BCUT2D eigenvalue weighted by atomic mass is 9.76. The SMILES string of the molecule is CC1CCC(C(=O)N2CCC([C@H]3c4ncc(Br)cc4CCc4cc(Cl)cc(Br)c43)CC2)CC1O. The lowest BCUT2D eigenvalue weighted by Crippen LogP contribution is -2.45. The minimum atomic E-state index is -0.353. The number of benzene rings is 1. The highest BCUT2D eigenvalue weighted by atomic mass is 79.9. The van der Waals surface area contributed by atoms with Gasteiger partial charge in [0.2, 0.25) is 5.91 Å². The second kappa shape index (κ2) is 10.2. The summed E-state index contributed by atoms with van der Waals surface area (Å²) in [6, 6.07) is 6.33. The maximum Gasteiger partial charge on any atom is 0.225 e. The number of pyridine rings is 1. The first-order chi connectivity index (χ1) is 16.3. The first kappa shape index (κ1) is 24.7. The fourth-order valence-electron chi connectivity index (χ4n) is 6.26. The number of carbonyl (C=O) groups excluding carboxylic acids is 1. The summed E-state index contributed by atoms with van der Waals surface area (Å²) < 4.78 is 2.07. The van der Waals surface area contributed by atoms with Crippen molar-refractivity contribution in [3.8, 4) is 0 Å². The number of piperidine rings is 1. The molecule has 4 nitrogen and oxygen atoms in total. The third kappa shape index (κ3) is 4.85. The van der Waals surface area contributed by atoms with Gasteiger partial charge in [0.1, 0.15) is 0 Å². The average molecular weight is 611 g/mol. The maximum atomic E-state index is 13.2. The van der Waals surface area contributed by atoms with E-state index in [1.54, 1.807) is 0 Å². The molecule has 182 valence electrons. The van der Waals surface area contributed by atoms with E-state index in [4.69, 9.17) is 16.6 Å². The van der Waals surface area contributed by atoms with Crippen LogP contribution in [0, 0.1) is 17.8 Å². The summed E-state index contributed by atoms with van der Waals surface area (Å²) in [6.07, 6.45) is 7.78. The number of amides is 1. The lowest BCUT2D eigenvalue weighted by molar-refractivity contribution is -0.140. The molecule has 5 rings (SSSR count). The van der Waals surface area contributed by atoms with Crippen molar-refractivity contribution in [3.05, 3.63) is 60.7 Å². The summed E-state index contributed by atoms with van der Waals surface area (Å²) in [6.45, 7) is 3.63. The Kier molecular flexibility index (Phi) is 7.42. The second-order valence-corrected chi connectivity index (χ2v) is 12.6. The quantitative estimate of drug-likeness (QED) is 0.421. The van der Waals surface area contributed by atoms with E-state index in [2.05, 4.69) is 50.9 Å². The van der Waals surface area contributed by atoms with Gasteiger partial charge in [-0.2, -0.15) is 0 Å². The van der Waals surface area contributed by atoms with Crippen LogP contribution in [0.3, 0.4) is 0 Å². The van der Waals surface area contributed by atoms with Crippen molar-refractivity contribution < 1.29 is 9.90 Å². The first-order valence-electron chi connectivity index (χ1n) is 12.4. The zero-order valence-corrected chi connectivity index (χ0v) is 23.4. The highest BCUT2D eigenvalue weighted by Crippen LogP contribution is 2.46. The Morgan fingerprint density at radius 2 is 1.82 bits per heavy atom.